The predicted molar refractivity (Wildman–Crippen MR) is 110 cm³/mol. The van der Waals surface area contributed by atoms with Gasteiger partial charge >= 0.3 is 0 Å². The number of rotatable bonds is 6. The Morgan fingerprint density at radius 1 is 1.32 bits per heavy atom. The molecular weight excluding hydrogens is 402 g/mol. The number of carbonyl (C=O) groups is 1. The number of morpholine rings is 1. The predicted octanol–water partition coefficient (Wildman–Crippen LogP) is 1.31. The van der Waals surface area contributed by atoms with Gasteiger partial charge in [-0.15, -0.1) is 12.4 Å². The fraction of sp³-hybridized carbons (Fsp3) is 0.632. The van der Waals surface area contributed by atoms with Crippen LogP contribution in [0.2, 0.25) is 0 Å². The highest BCUT2D eigenvalue weighted by Crippen LogP contribution is 2.18. The molecule has 9 heteroatoms. The Morgan fingerprint density at radius 2 is 2.07 bits per heavy atom. The first-order valence-electron chi connectivity index (χ1n) is 9.59. The van der Waals surface area contributed by atoms with Gasteiger partial charge in [0.05, 0.1) is 18.1 Å². The number of hydrogen-bond donors (Lipinski definition) is 2. The topological polar surface area (TPSA) is 87.7 Å². The summed E-state index contributed by atoms with van der Waals surface area (Å²) in [5, 5.41) is 3.30. The van der Waals surface area contributed by atoms with Crippen LogP contribution in [0.15, 0.2) is 29.2 Å². The Hall–Kier alpha value is -1.19. The van der Waals surface area contributed by atoms with Crippen LogP contribution in [0.1, 0.15) is 24.8 Å². The molecular formula is C19H30ClN3O4S. The Balaban J connectivity index is 0.00000280. The summed E-state index contributed by atoms with van der Waals surface area (Å²) in [6.45, 7) is 5.66. The first-order valence-corrected chi connectivity index (χ1v) is 11.1. The molecule has 0 saturated carbocycles. The zero-order chi connectivity index (χ0) is 19.3. The second kappa shape index (κ2) is 10.5. The molecule has 2 atom stereocenters. The molecule has 2 N–H and O–H groups in total. The van der Waals surface area contributed by atoms with Gasteiger partial charge in [-0.2, -0.15) is 0 Å². The van der Waals surface area contributed by atoms with Crippen LogP contribution in [0.5, 0.6) is 0 Å². The molecule has 28 heavy (non-hydrogen) atoms. The normalized spacial score (nSPS) is 23.1. The van der Waals surface area contributed by atoms with Crippen LogP contribution in [-0.4, -0.2) is 64.7 Å². The lowest BCUT2D eigenvalue weighted by atomic mass is 9.97. The van der Waals surface area contributed by atoms with Crippen LogP contribution in [0, 0.1) is 12.8 Å². The summed E-state index contributed by atoms with van der Waals surface area (Å²) >= 11 is 0. The average Bonchev–Trinajstić information content (AvgIpc) is 2.68. The highest BCUT2D eigenvalue weighted by molar-refractivity contribution is 7.89. The van der Waals surface area contributed by atoms with Crippen LogP contribution < -0.4 is 10.0 Å². The van der Waals surface area contributed by atoms with E-state index in [0.717, 1.165) is 31.5 Å². The molecule has 0 radical (unpaired) electrons. The van der Waals surface area contributed by atoms with E-state index in [4.69, 9.17) is 4.74 Å². The Morgan fingerprint density at radius 3 is 2.75 bits per heavy atom. The number of carbonyl (C=O) groups excluding carboxylic acids is 1. The number of piperidine rings is 1. The number of sulfonamides is 1. The number of hydrogen-bond acceptors (Lipinski definition) is 5. The Kier molecular flexibility index (Phi) is 8.70. The molecule has 2 unspecified atom stereocenters. The molecule has 0 aliphatic carbocycles. The van der Waals surface area contributed by atoms with Crippen molar-refractivity contribution in [3.05, 3.63) is 29.8 Å². The second-order valence-electron chi connectivity index (χ2n) is 7.44. The quantitative estimate of drug-likeness (QED) is 0.709. The third kappa shape index (κ3) is 6.42. The molecule has 2 aliphatic heterocycles. The van der Waals surface area contributed by atoms with Crippen LogP contribution in [0.3, 0.4) is 0 Å². The van der Waals surface area contributed by atoms with Crippen LogP contribution in [0.25, 0.3) is 0 Å². The van der Waals surface area contributed by atoms with E-state index >= 15 is 0 Å². The largest absolute Gasteiger partial charge is 0.378 e. The van der Waals surface area contributed by atoms with Gasteiger partial charge in [-0.3, -0.25) is 4.79 Å². The van der Waals surface area contributed by atoms with Crippen LogP contribution in [0.4, 0.5) is 0 Å². The third-order valence-electron chi connectivity index (χ3n) is 5.18. The summed E-state index contributed by atoms with van der Waals surface area (Å²) in [6.07, 6.45) is 2.25. The fourth-order valence-electron chi connectivity index (χ4n) is 3.58. The van der Waals surface area contributed by atoms with Crippen molar-refractivity contribution in [1.82, 2.24) is 14.9 Å². The molecule has 0 spiro atoms. The smallest absolute Gasteiger partial charge is 0.240 e. The number of ether oxygens (including phenoxy) is 1. The van der Waals surface area contributed by atoms with Crippen LogP contribution in [-0.2, 0) is 19.6 Å². The van der Waals surface area contributed by atoms with E-state index in [0.29, 0.717) is 32.7 Å². The molecule has 7 nitrogen and oxygen atoms in total. The molecule has 2 saturated heterocycles. The molecule has 3 rings (SSSR count). The molecule has 0 aromatic heterocycles. The first-order chi connectivity index (χ1) is 12.9. The molecule has 1 amide bonds. The SMILES string of the molecule is Cc1ccc(S(=O)(=O)NCC2CCCN(C(=O)CC3COCCN3)C2)cc1.Cl. The lowest BCUT2D eigenvalue weighted by Gasteiger charge is -2.34. The van der Waals surface area contributed by atoms with Crippen molar-refractivity contribution >= 4 is 28.3 Å². The van der Waals surface area contributed by atoms with E-state index in [2.05, 4.69) is 10.0 Å². The van der Waals surface area contributed by atoms with E-state index in [9.17, 15) is 13.2 Å². The summed E-state index contributed by atoms with van der Waals surface area (Å²) in [4.78, 5) is 14.7. The summed E-state index contributed by atoms with van der Waals surface area (Å²) in [5.74, 6) is 0.252. The Bertz CT molecular complexity index is 736. The van der Waals surface area contributed by atoms with Crippen molar-refractivity contribution in [2.24, 2.45) is 5.92 Å². The lowest BCUT2D eigenvalue weighted by molar-refractivity contribution is -0.134. The van der Waals surface area contributed by atoms with Gasteiger partial charge in [-0.1, -0.05) is 17.7 Å². The highest BCUT2D eigenvalue weighted by atomic mass is 35.5. The number of likely N-dealkylation sites (tertiary alicyclic amines) is 1. The molecule has 0 bridgehead atoms. The van der Waals surface area contributed by atoms with E-state index in [-0.39, 0.29) is 35.2 Å². The molecule has 1 aromatic carbocycles. The third-order valence-corrected chi connectivity index (χ3v) is 6.62. The van der Waals surface area contributed by atoms with Crippen LogP contribution >= 0.6 is 12.4 Å². The number of nitrogens with one attached hydrogen (secondary N) is 2. The van der Waals surface area contributed by atoms with Crippen molar-refractivity contribution < 1.29 is 17.9 Å². The van der Waals surface area contributed by atoms with Crippen molar-refractivity contribution in [3.8, 4) is 0 Å². The van der Waals surface area contributed by atoms with Gasteiger partial charge in [0.2, 0.25) is 15.9 Å². The molecule has 2 heterocycles. The van der Waals surface area contributed by atoms with E-state index in [1.165, 1.54) is 0 Å². The van der Waals surface area contributed by atoms with Crippen molar-refractivity contribution in [2.45, 2.75) is 37.1 Å². The van der Waals surface area contributed by atoms with Crippen molar-refractivity contribution in [1.29, 1.82) is 0 Å². The van der Waals surface area contributed by atoms with E-state index < -0.39 is 10.0 Å². The molecule has 2 fully saturated rings. The van der Waals surface area contributed by atoms with Crippen molar-refractivity contribution in [3.63, 3.8) is 0 Å². The zero-order valence-electron chi connectivity index (χ0n) is 16.2. The van der Waals surface area contributed by atoms with Gasteiger partial charge in [-0.05, 0) is 37.8 Å². The minimum atomic E-state index is -3.52. The van der Waals surface area contributed by atoms with Gasteiger partial charge in [-0.25, -0.2) is 13.1 Å². The minimum Gasteiger partial charge on any atom is -0.378 e. The molecule has 2 aliphatic rings. The monoisotopic (exact) mass is 431 g/mol. The average molecular weight is 432 g/mol. The van der Waals surface area contributed by atoms with E-state index in [1.54, 1.807) is 24.3 Å². The Labute approximate surface area is 173 Å². The number of halogens is 1. The summed E-state index contributed by atoms with van der Waals surface area (Å²) < 4.78 is 33.0. The maximum atomic E-state index is 12.6. The summed E-state index contributed by atoms with van der Waals surface area (Å²) in [7, 11) is -3.52. The van der Waals surface area contributed by atoms with Gasteiger partial charge < -0.3 is 15.0 Å². The van der Waals surface area contributed by atoms with Crippen molar-refractivity contribution in [2.75, 3.05) is 39.4 Å². The standard InChI is InChI=1S/C19H29N3O4S.ClH/c1-15-4-6-18(7-5-15)27(24,25)21-12-16-3-2-9-22(13-16)19(23)11-17-14-26-10-8-20-17;/h4-7,16-17,20-21H,2-3,8-14H2,1H3;1H. The number of amides is 1. The molecule has 158 valence electrons. The zero-order valence-corrected chi connectivity index (χ0v) is 17.9. The number of benzene rings is 1. The maximum absolute atomic E-state index is 12.6. The summed E-state index contributed by atoms with van der Waals surface area (Å²) in [5.41, 5.74) is 1.02. The lowest BCUT2D eigenvalue weighted by Crippen LogP contribution is -2.48. The fourth-order valence-corrected chi connectivity index (χ4v) is 4.69. The number of nitrogens with zero attached hydrogens (tertiary/aromatic N) is 1. The van der Waals surface area contributed by atoms with Gasteiger partial charge in [0.1, 0.15) is 0 Å². The first kappa shape index (κ1) is 23.1. The minimum absolute atomic E-state index is 0. The van der Waals surface area contributed by atoms with Gasteiger partial charge in [0.25, 0.3) is 0 Å². The maximum Gasteiger partial charge on any atom is 0.240 e. The highest BCUT2D eigenvalue weighted by Gasteiger charge is 2.27. The molecule has 1 aromatic rings. The second-order valence-corrected chi connectivity index (χ2v) is 9.21. The van der Waals surface area contributed by atoms with E-state index in [1.807, 2.05) is 11.8 Å². The number of aryl methyl sites for hydroxylation is 1. The summed E-state index contributed by atoms with van der Waals surface area (Å²) in [6, 6.07) is 6.89. The van der Waals surface area contributed by atoms with Gasteiger partial charge in [0.15, 0.2) is 0 Å². The van der Waals surface area contributed by atoms with Gasteiger partial charge in [0, 0.05) is 38.6 Å².